The van der Waals surface area contributed by atoms with Gasteiger partial charge in [0.2, 0.25) is 11.8 Å². The van der Waals surface area contributed by atoms with Crippen molar-refractivity contribution in [3.05, 3.63) is 131 Å². The third-order valence-corrected chi connectivity index (χ3v) is 8.51. The van der Waals surface area contributed by atoms with Gasteiger partial charge in [-0.2, -0.15) is 0 Å². The maximum Gasteiger partial charge on any atom is 0.264 e. The Hall–Kier alpha value is -4.21. The summed E-state index contributed by atoms with van der Waals surface area (Å²) in [6.07, 6.45) is 0.189. The molecule has 2 amide bonds. The SMILES string of the molecule is CNC(=O)[C@@H](Cc1ccccc1)N(Cc1cccc(Cl)c1)C(=O)CN(c1ccc(F)cc1)S(=O)(=O)c1ccccc1. The number of amides is 2. The molecule has 4 aromatic rings. The van der Waals surface area contributed by atoms with Crippen molar-refractivity contribution >= 4 is 39.1 Å². The second-order valence-electron chi connectivity index (χ2n) is 9.27. The van der Waals surface area contributed by atoms with E-state index in [4.69, 9.17) is 11.6 Å². The smallest absolute Gasteiger partial charge is 0.264 e. The van der Waals surface area contributed by atoms with Crippen molar-refractivity contribution in [1.82, 2.24) is 10.2 Å². The summed E-state index contributed by atoms with van der Waals surface area (Å²) in [5.74, 6) is -1.59. The van der Waals surface area contributed by atoms with E-state index in [0.29, 0.717) is 10.6 Å². The number of hydrogen-bond donors (Lipinski definition) is 1. The number of carbonyl (C=O) groups is 2. The summed E-state index contributed by atoms with van der Waals surface area (Å²) in [5.41, 5.74) is 1.58. The number of nitrogens with zero attached hydrogens (tertiary/aromatic N) is 2. The fourth-order valence-corrected chi connectivity index (χ4v) is 6.06. The standard InChI is InChI=1S/C31H29ClFN3O4S/c1-34-31(38)29(20-23-9-4-2-5-10-23)35(21-24-11-8-12-25(32)19-24)30(37)22-36(27-17-15-26(33)16-18-27)41(39,40)28-13-6-3-7-14-28/h2-19,29H,20-22H2,1H3,(H,34,38)/t29-/m1/s1. The van der Waals surface area contributed by atoms with Gasteiger partial charge in [-0.15, -0.1) is 0 Å². The predicted octanol–water partition coefficient (Wildman–Crippen LogP) is 5.06. The number of likely N-dealkylation sites (N-methyl/N-ethyl adjacent to an activating group) is 1. The van der Waals surface area contributed by atoms with Gasteiger partial charge in [-0.05, 0) is 59.7 Å². The summed E-state index contributed by atoms with van der Waals surface area (Å²) < 4.78 is 42.3. The molecular formula is C31H29ClFN3O4S. The van der Waals surface area contributed by atoms with E-state index in [2.05, 4.69) is 5.32 Å². The summed E-state index contributed by atoms with van der Waals surface area (Å²) in [4.78, 5) is 28.7. The van der Waals surface area contributed by atoms with Crippen LogP contribution in [0, 0.1) is 5.82 Å². The second-order valence-corrected chi connectivity index (χ2v) is 11.6. The van der Waals surface area contributed by atoms with E-state index in [-0.39, 0.29) is 23.5 Å². The first kappa shape index (κ1) is 29.8. The molecule has 0 bridgehead atoms. The molecule has 0 spiro atoms. The minimum atomic E-state index is -4.24. The van der Waals surface area contributed by atoms with E-state index >= 15 is 0 Å². The molecule has 212 valence electrons. The third-order valence-electron chi connectivity index (χ3n) is 6.48. The molecule has 7 nitrogen and oxygen atoms in total. The van der Waals surface area contributed by atoms with Gasteiger partial charge in [0.1, 0.15) is 18.4 Å². The van der Waals surface area contributed by atoms with Crippen LogP contribution in [-0.4, -0.2) is 44.8 Å². The van der Waals surface area contributed by atoms with Crippen LogP contribution in [0.4, 0.5) is 10.1 Å². The molecule has 0 aliphatic rings. The van der Waals surface area contributed by atoms with Gasteiger partial charge in [-0.3, -0.25) is 13.9 Å². The van der Waals surface area contributed by atoms with E-state index in [1.165, 1.54) is 36.2 Å². The highest BCUT2D eigenvalue weighted by molar-refractivity contribution is 7.92. The van der Waals surface area contributed by atoms with Crippen molar-refractivity contribution in [1.29, 1.82) is 0 Å². The number of carbonyl (C=O) groups excluding carboxylic acids is 2. The Bertz CT molecular complexity index is 1590. The van der Waals surface area contributed by atoms with Crippen LogP contribution < -0.4 is 9.62 Å². The number of anilines is 1. The number of rotatable bonds is 11. The maximum absolute atomic E-state index is 14.1. The van der Waals surface area contributed by atoms with Crippen LogP contribution in [0.3, 0.4) is 0 Å². The highest BCUT2D eigenvalue weighted by Crippen LogP contribution is 2.25. The molecule has 10 heteroatoms. The fourth-order valence-electron chi connectivity index (χ4n) is 4.41. The van der Waals surface area contributed by atoms with Crippen molar-refractivity contribution in [3.63, 3.8) is 0 Å². The van der Waals surface area contributed by atoms with E-state index in [0.717, 1.165) is 22.0 Å². The lowest BCUT2D eigenvalue weighted by molar-refractivity contribution is -0.139. The van der Waals surface area contributed by atoms with Crippen LogP contribution in [0.2, 0.25) is 5.02 Å². The molecule has 0 saturated carbocycles. The molecule has 0 unspecified atom stereocenters. The molecule has 1 atom stereocenters. The lowest BCUT2D eigenvalue weighted by Gasteiger charge is -2.33. The van der Waals surface area contributed by atoms with Gasteiger partial charge in [0.25, 0.3) is 10.0 Å². The molecule has 1 N–H and O–H groups in total. The normalized spacial score (nSPS) is 11.9. The van der Waals surface area contributed by atoms with Crippen molar-refractivity contribution in [3.8, 4) is 0 Å². The highest BCUT2D eigenvalue weighted by Gasteiger charge is 2.34. The van der Waals surface area contributed by atoms with Gasteiger partial charge in [0, 0.05) is 25.0 Å². The Morgan fingerprint density at radius 1 is 0.854 bits per heavy atom. The van der Waals surface area contributed by atoms with Crippen molar-refractivity contribution in [2.45, 2.75) is 23.9 Å². The monoisotopic (exact) mass is 593 g/mol. The zero-order valence-electron chi connectivity index (χ0n) is 22.3. The summed E-state index contributed by atoms with van der Waals surface area (Å²) in [6, 6.07) is 27.6. The summed E-state index contributed by atoms with van der Waals surface area (Å²) >= 11 is 6.21. The average Bonchev–Trinajstić information content (AvgIpc) is 2.98. The molecule has 0 heterocycles. The molecule has 0 aliphatic heterocycles. The first-order valence-electron chi connectivity index (χ1n) is 12.8. The minimum absolute atomic E-state index is 0.00699. The Balaban J connectivity index is 1.78. The lowest BCUT2D eigenvalue weighted by atomic mass is 10.0. The minimum Gasteiger partial charge on any atom is -0.357 e. The number of benzene rings is 4. The molecule has 41 heavy (non-hydrogen) atoms. The summed E-state index contributed by atoms with van der Waals surface area (Å²) in [7, 11) is -2.76. The molecular weight excluding hydrogens is 565 g/mol. The first-order chi connectivity index (χ1) is 19.7. The zero-order valence-corrected chi connectivity index (χ0v) is 23.9. The van der Waals surface area contributed by atoms with Crippen LogP contribution >= 0.6 is 11.6 Å². The van der Waals surface area contributed by atoms with E-state index in [9.17, 15) is 22.4 Å². The molecule has 4 aromatic carbocycles. The predicted molar refractivity (Wildman–Crippen MR) is 157 cm³/mol. The molecule has 0 radical (unpaired) electrons. The topological polar surface area (TPSA) is 86.8 Å². The van der Waals surface area contributed by atoms with Gasteiger partial charge < -0.3 is 10.2 Å². The van der Waals surface area contributed by atoms with Crippen molar-refractivity contribution in [2.75, 3.05) is 17.9 Å². The molecule has 0 aliphatic carbocycles. The van der Waals surface area contributed by atoms with Crippen LogP contribution in [0.1, 0.15) is 11.1 Å². The van der Waals surface area contributed by atoms with Gasteiger partial charge in [-0.1, -0.05) is 72.3 Å². The number of sulfonamides is 1. The van der Waals surface area contributed by atoms with E-state index < -0.39 is 40.2 Å². The Labute approximate surface area is 244 Å². The molecule has 0 aromatic heterocycles. The van der Waals surface area contributed by atoms with Gasteiger partial charge in [0.15, 0.2) is 0 Å². The van der Waals surface area contributed by atoms with Gasteiger partial charge in [-0.25, -0.2) is 12.8 Å². The highest BCUT2D eigenvalue weighted by atomic mass is 35.5. The average molecular weight is 594 g/mol. The second kappa shape index (κ2) is 13.4. The first-order valence-corrected chi connectivity index (χ1v) is 14.6. The molecule has 0 fully saturated rings. The quantitative estimate of drug-likeness (QED) is 0.263. The molecule has 4 rings (SSSR count). The van der Waals surface area contributed by atoms with Crippen LogP contribution in [0.25, 0.3) is 0 Å². The van der Waals surface area contributed by atoms with Crippen LogP contribution in [0.5, 0.6) is 0 Å². The summed E-state index contributed by atoms with van der Waals surface area (Å²) in [6.45, 7) is -0.640. The lowest BCUT2D eigenvalue weighted by Crippen LogP contribution is -2.53. The van der Waals surface area contributed by atoms with Gasteiger partial charge >= 0.3 is 0 Å². The Morgan fingerprint density at radius 2 is 1.46 bits per heavy atom. The number of halogens is 2. The van der Waals surface area contributed by atoms with Gasteiger partial charge in [0.05, 0.1) is 10.6 Å². The number of hydrogen-bond acceptors (Lipinski definition) is 4. The van der Waals surface area contributed by atoms with Crippen molar-refractivity contribution in [2.24, 2.45) is 0 Å². The van der Waals surface area contributed by atoms with E-state index in [1.54, 1.807) is 42.5 Å². The van der Waals surface area contributed by atoms with Crippen LogP contribution in [0.15, 0.2) is 114 Å². The Morgan fingerprint density at radius 3 is 2.07 bits per heavy atom. The number of nitrogens with one attached hydrogen (secondary N) is 1. The Kier molecular flexibility index (Phi) is 9.75. The summed E-state index contributed by atoms with van der Waals surface area (Å²) in [5, 5.41) is 3.09. The largest absolute Gasteiger partial charge is 0.357 e. The van der Waals surface area contributed by atoms with Crippen LogP contribution in [-0.2, 0) is 32.6 Å². The third kappa shape index (κ3) is 7.50. The molecule has 0 saturated heterocycles. The van der Waals surface area contributed by atoms with Crippen molar-refractivity contribution < 1.29 is 22.4 Å². The zero-order chi connectivity index (χ0) is 29.4. The maximum atomic E-state index is 14.1. The van der Waals surface area contributed by atoms with E-state index in [1.807, 2.05) is 30.3 Å². The fraction of sp³-hybridized carbons (Fsp3) is 0.161.